The van der Waals surface area contributed by atoms with Crippen molar-refractivity contribution in [1.82, 2.24) is 9.97 Å². The minimum absolute atomic E-state index is 0.522. The average molecular weight is 206 g/mol. The number of pyridine rings is 1. The van der Waals surface area contributed by atoms with Gasteiger partial charge in [0.15, 0.2) is 0 Å². The molecule has 0 bridgehead atoms. The number of hydrogen-bond acceptors (Lipinski definition) is 5. The monoisotopic (exact) mass is 206 g/mol. The zero-order chi connectivity index (χ0) is 9.80. The van der Waals surface area contributed by atoms with Crippen LogP contribution in [0.3, 0.4) is 0 Å². The number of hydrogen-bond donors (Lipinski definition) is 2. The molecule has 0 unspecified atom stereocenters. The fourth-order valence-corrected chi connectivity index (χ4v) is 1.61. The number of aromatic nitrogens is 2. The molecule has 0 atom stereocenters. The Morgan fingerprint density at radius 1 is 1.43 bits per heavy atom. The Morgan fingerprint density at radius 3 is 3.07 bits per heavy atom. The van der Waals surface area contributed by atoms with Crippen molar-refractivity contribution < 1.29 is 0 Å². The molecule has 2 aromatic heterocycles. The Balaban J connectivity index is 1.98. The highest BCUT2D eigenvalue weighted by atomic mass is 32.1. The van der Waals surface area contributed by atoms with Crippen LogP contribution in [0.25, 0.3) is 0 Å². The van der Waals surface area contributed by atoms with Crippen LogP contribution in [0.4, 0.5) is 11.6 Å². The highest BCUT2D eigenvalue weighted by Crippen LogP contribution is 2.09. The van der Waals surface area contributed by atoms with Crippen LogP contribution < -0.4 is 11.1 Å². The lowest BCUT2D eigenvalue weighted by molar-refractivity contribution is 1.08. The van der Waals surface area contributed by atoms with E-state index in [9.17, 15) is 0 Å². The van der Waals surface area contributed by atoms with Crippen LogP contribution in [-0.4, -0.2) is 9.97 Å². The smallest absolute Gasteiger partial charge is 0.128 e. The van der Waals surface area contributed by atoms with E-state index in [0.29, 0.717) is 12.4 Å². The lowest BCUT2D eigenvalue weighted by Gasteiger charge is -2.02. The number of thiazole rings is 1. The second-order valence-electron chi connectivity index (χ2n) is 2.73. The predicted molar refractivity (Wildman–Crippen MR) is 58.1 cm³/mol. The molecule has 0 aliphatic heterocycles. The Kier molecular flexibility index (Phi) is 2.60. The molecule has 2 heterocycles. The van der Waals surface area contributed by atoms with Gasteiger partial charge in [0.1, 0.15) is 16.6 Å². The Hall–Kier alpha value is -1.62. The van der Waals surface area contributed by atoms with E-state index in [1.807, 2.05) is 17.5 Å². The first-order valence-electron chi connectivity index (χ1n) is 4.19. The molecule has 4 nitrogen and oxygen atoms in total. The summed E-state index contributed by atoms with van der Waals surface area (Å²) < 4.78 is 0. The van der Waals surface area contributed by atoms with Crippen molar-refractivity contribution in [3.8, 4) is 0 Å². The van der Waals surface area contributed by atoms with Gasteiger partial charge in [-0.05, 0) is 12.1 Å². The molecular formula is C9H10N4S. The maximum Gasteiger partial charge on any atom is 0.128 e. The van der Waals surface area contributed by atoms with Gasteiger partial charge in [-0.1, -0.05) is 6.07 Å². The molecule has 14 heavy (non-hydrogen) atoms. The van der Waals surface area contributed by atoms with Crippen LogP contribution in [0.2, 0.25) is 0 Å². The third-order valence-electron chi connectivity index (χ3n) is 1.67. The van der Waals surface area contributed by atoms with E-state index in [1.54, 1.807) is 23.6 Å². The third-order valence-corrected chi connectivity index (χ3v) is 2.45. The van der Waals surface area contributed by atoms with Gasteiger partial charge in [-0.25, -0.2) is 9.97 Å². The van der Waals surface area contributed by atoms with E-state index in [0.717, 1.165) is 10.8 Å². The van der Waals surface area contributed by atoms with Crippen molar-refractivity contribution in [3.63, 3.8) is 0 Å². The van der Waals surface area contributed by atoms with Crippen LogP contribution in [0.15, 0.2) is 29.8 Å². The van der Waals surface area contributed by atoms with Crippen molar-refractivity contribution in [2.75, 3.05) is 11.1 Å². The highest BCUT2D eigenvalue weighted by molar-refractivity contribution is 7.09. The van der Waals surface area contributed by atoms with Crippen molar-refractivity contribution in [1.29, 1.82) is 0 Å². The summed E-state index contributed by atoms with van der Waals surface area (Å²) in [7, 11) is 0. The first-order valence-corrected chi connectivity index (χ1v) is 5.07. The molecule has 0 saturated heterocycles. The van der Waals surface area contributed by atoms with E-state index in [1.165, 1.54) is 0 Å². The van der Waals surface area contributed by atoms with Gasteiger partial charge < -0.3 is 11.1 Å². The van der Waals surface area contributed by atoms with Gasteiger partial charge in [0.2, 0.25) is 0 Å². The standard InChI is InChI=1S/C9H10N4S/c10-7-2-1-3-8(13-7)12-6-9-11-4-5-14-9/h1-5H,6H2,(H3,10,12,13). The Labute approximate surface area is 85.8 Å². The van der Waals surface area contributed by atoms with Crippen LogP contribution in [0.1, 0.15) is 5.01 Å². The van der Waals surface area contributed by atoms with Crippen molar-refractivity contribution in [2.45, 2.75) is 6.54 Å². The lowest BCUT2D eigenvalue weighted by Crippen LogP contribution is -2.01. The van der Waals surface area contributed by atoms with E-state index in [-0.39, 0.29) is 0 Å². The number of nitrogens with two attached hydrogens (primary N) is 1. The van der Waals surface area contributed by atoms with Crippen molar-refractivity contribution >= 4 is 23.0 Å². The summed E-state index contributed by atoms with van der Waals surface area (Å²) in [6, 6.07) is 5.51. The minimum Gasteiger partial charge on any atom is -0.384 e. The number of nitrogen functional groups attached to an aromatic ring is 1. The lowest BCUT2D eigenvalue weighted by atomic mass is 10.4. The summed E-state index contributed by atoms with van der Waals surface area (Å²) in [4.78, 5) is 8.27. The molecule has 2 rings (SSSR count). The molecule has 0 fully saturated rings. The molecule has 5 heteroatoms. The maximum absolute atomic E-state index is 5.54. The average Bonchev–Trinajstić information content (AvgIpc) is 2.67. The summed E-state index contributed by atoms with van der Waals surface area (Å²) >= 11 is 1.61. The quantitative estimate of drug-likeness (QED) is 0.802. The predicted octanol–water partition coefficient (Wildman–Crippen LogP) is 1.73. The van der Waals surface area contributed by atoms with E-state index < -0.39 is 0 Å². The molecule has 2 aromatic rings. The second-order valence-corrected chi connectivity index (χ2v) is 3.71. The fourth-order valence-electron chi connectivity index (χ4n) is 1.06. The molecule has 0 amide bonds. The van der Waals surface area contributed by atoms with Gasteiger partial charge in [-0.2, -0.15) is 0 Å². The molecule has 72 valence electrons. The molecule has 0 aliphatic rings. The van der Waals surface area contributed by atoms with Gasteiger partial charge in [0.05, 0.1) is 6.54 Å². The molecule has 0 saturated carbocycles. The summed E-state index contributed by atoms with van der Waals surface area (Å²) in [5, 5.41) is 6.13. The van der Waals surface area contributed by atoms with E-state index >= 15 is 0 Å². The fraction of sp³-hybridized carbons (Fsp3) is 0.111. The van der Waals surface area contributed by atoms with Gasteiger partial charge in [-0.3, -0.25) is 0 Å². The van der Waals surface area contributed by atoms with Gasteiger partial charge >= 0.3 is 0 Å². The summed E-state index contributed by atoms with van der Waals surface area (Å²) in [5.41, 5.74) is 5.54. The molecular weight excluding hydrogens is 196 g/mol. The third kappa shape index (κ3) is 2.20. The Bertz CT molecular complexity index is 399. The summed E-state index contributed by atoms with van der Waals surface area (Å²) in [6.45, 7) is 0.689. The number of nitrogens with zero attached hydrogens (tertiary/aromatic N) is 2. The number of anilines is 2. The van der Waals surface area contributed by atoms with E-state index in [4.69, 9.17) is 5.73 Å². The summed E-state index contributed by atoms with van der Waals surface area (Å²) in [5.74, 6) is 1.30. The van der Waals surface area contributed by atoms with E-state index in [2.05, 4.69) is 15.3 Å². The first kappa shape index (κ1) is 8.96. The van der Waals surface area contributed by atoms with Crippen LogP contribution in [0.5, 0.6) is 0 Å². The normalized spacial score (nSPS) is 10.0. The van der Waals surface area contributed by atoms with Crippen molar-refractivity contribution in [2.24, 2.45) is 0 Å². The number of rotatable bonds is 3. The molecule has 0 aromatic carbocycles. The molecule has 0 spiro atoms. The minimum atomic E-state index is 0.522. The summed E-state index contributed by atoms with van der Waals surface area (Å²) in [6.07, 6.45) is 1.79. The topological polar surface area (TPSA) is 63.8 Å². The van der Waals surface area contributed by atoms with Crippen molar-refractivity contribution in [3.05, 3.63) is 34.8 Å². The van der Waals surface area contributed by atoms with Crippen LogP contribution >= 0.6 is 11.3 Å². The number of nitrogens with one attached hydrogen (secondary N) is 1. The van der Waals surface area contributed by atoms with Gasteiger partial charge in [0.25, 0.3) is 0 Å². The zero-order valence-electron chi connectivity index (χ0n) is 7.47. The SMILES string of the molecule is Nc1cccc(NCc2nccs2)n1. The molecule has 3 N–H and O–H groups in total. The van der Waals surface area contributed by atoms with Crippen LogP contribution in [0, 0.1) is 0 Å². The zero-order valence-corrected chi connectivity index (χ0v) is 8.29. The molecule has 0 aliphatic carbocycles. The van der Waals surface area contributed by atoms with Gasteiger partial charge in [-0.15, -0.1) is 11.3 Å². The first-order chi connectivity index (χ1) is 6.84. The largest absolute Gasteiger partial charge is 0.384 e. The maximum atomic E-state index is 5.54. The van der Waals surface area contributed by atoms with Crippen LogP contribution in [-0.2, 0) is 6.54 Å². The Morgan fingerprint density at radius 2 is 2.36 bits per heavy atom. The van der Waals surface area contributed by atoms with Gasteiger partial charge in [0, 0.05) is 11.6 Å². The second kappa shape index (κ2) is 4.06. The highest BCUT2D eigenvalue weighted by Gasteiger charge is 1.96. The molecule has 0 radical (unpaired) electrons.